The van der Waals surface area contributed by atoms with Crippen LogP contribution >= 0.6 is 11.6 Å². The largest absolute Gasteiger partial charge is 0.505 e. The minimum absolute atomic E-state index is 0.00255. The maximum atomic E-state index is 16.8. The molecule has 4 fully saturated rings. The van der Waals surface area contributed by atoms with Crippen LogP contribution in [0, 0.1) is 11.6 Å². The highest BCUT2D eigenvalue weighted by Gasteiger charge is 2.41. The summed E-state index contributed by atoms with van der Waals surface area (Å²) in [4.78, 5) is 13.9. The zero-order valence-corrected chi connectivity index (χ0v) is 27.7. The molecule has 9 nitrogen and oxygen atoms in total. The average Bonchev–Trinajstić information content (AvgIpc) is 3.53. The Labute approximate surface area is 277 Å². The van der Waals surface area contributed by atoms with Crippen molar-refractivity contribution in [1.82, 2.24) is 20.2 Å². The van der Waals surface area contributed by atoms with Crippen LogP contribution in [0.4, 0.5) is 14.6 Å². The van der Waals surface area contributed by atoms with E-state index in [0.717, 1.165) is 32.2 Å². The van der Waals surface area contributed by atoms with Crippen molar-refractivity contribution in [2.24, 2.45) is 4.36 Å². The van der Waals surface area contributed by atoms with Crippen LogP contribution in [-0.2, 0) is 9.73 Å². The summed E-state index contributed by atoms with van der Waals surface area (Å²) in [6.07, 6.45) is 4.86. The van der Waals surface area contributed by atoms with Crippen LogP contribution < -0.4 is 15.0 Å². The summed E-state index contributed by atoms with van der Waals surface area (Å²) in [6, 6.07) is 11.0. The molecule has 4 aliphatic rings. The van der Waals surface area contributed by atoms with E-state index in [2.05, 4.69) is 24.5 Å². The van der Waals surface area contributed by atoms with E-state index in [9.17, 15) is 9.32 Å². The lowest BCUT2D eigenvalue weighted by Gasteiger charge is -2.36. The number of anilines is 1. The number of hydrogen-bond acceptors (Lipinski definition) is 9. The average molecular weight is 683 g/mol. The molecule has 0 spiro atoms. The minimum atomic E-state index is -2.12. The number of piperazine rings is 1. The summed E-state index contributed by atoms with van der Waals surface area (Å²) >= 11 is 6.79. The van der Waals surface area contributed by atoms with Gasteiger partial charge in [-0.05, 0) is 55.0 Å². The molecule has 248 valence electrons. The molecule has 0 radical (unpaired) electrons. The second-order valence-corrected chi connectivity index (χ2v) is 16.2. The molecule has 0 aliphatic carbocycles. The van der Waals surface area contributed by atoms with E-state index in [0.29, 0.717) is 71.7 Å². The van der Waals surface area contributed by atoms with Crippen LogP contribution in [0.3, 0.4) is 0 Å². The Bertz CT molecular complexity index is 1990. The van der Waals surface area contributed by atoms with E-state index in [1.165, 1.54) is 6.07 Å². The van der Waals surface area contributed by atoms with Gasteiger partial charge in [-0.1, -0.05) is 35.9 Å². The van der Waals surface area contributed by atoms with Gasteiger partial charge in [0.05, 0.1) is 11.6 Å². The second-order valence-electron chi connectivity index (χ2n) is 13.2. The van der Waals surface area contributed by atoms with Crippen LogP contribution in [0.15, 0.2) is 40.8 Å². The Hall–Kier alpha value is -3.32. The molecule has 4 aliphatic heterocycles. The number of benzene rings is 3. The molecule has 0 saturated carbocycles. The van der Waals surface area contributed by atoms with Crippen molar-refractivity contribution in [3.8, 4) is 22.9 Å². The third-order valence-electron chi connectivity index (χ3n) is 10.4. The zero-order valence-electron chi connectivity index (χ0n) is 26.1. The number of halogens is 3. The molecule has 4 saturated heterocycles. The van der Waals surface area contributed by atoms with Gasteiger partial charge in [0.1, 0.15) is 11.3 Å². The fraction of sp³-hybridized carbons (Fsp3) is 0.471. The van der Waals surface area contributed by atoms with Gasteiger partial charge in [0, 0.05) is 88.6 Å². The lowest BCUT2D eigenvalue weighted by molar-refractivity contribution is 0.185. The number of rotatable bonds is 7. The zero-order chi connectivity index (χ0) is 32.4. The molecule has 3 aromatic carbocycles. The Kier molecular flexibility index (Phi) is 7.89. The van der Waals surface area contributed by atoms with Crippen molar-refractivity contribution in [3.05, 3.63) is 53.1 Å². The Morgan fingerprint density at radius 1 is 1.02 bits per heavy atom. The number of phenols is 1. The summed E-state index contributed by atoms with van der Waals surface area (Å²) < 4.78 is 55.7. The first kappa shape index (κ1) is 31.0. The first-order chi connectivity index (χ1) is 22.7. The number of nitrogens with zero attached hydrogens (tertiary/aromatic N) is 5. The molecule has 13 heteroatoms. The fourth-order valence-electron chi connectivity index (χ4n) is 8.18. The predicted octanol–water partition coefficient (Wildman–Crippen LogP) is 5.74. The van der Waals surface area contributed by atoms with Crippen LogP contribution in [0.25, 0.3) is 32.8 Å². The summed E-state index contributed by atoms with van der Waals surface area (Å²) in [6.45, 7) is 2.49. The molecule has 4 bridgehead atoms. The van der Waals surface area contributed by atoms with Crippen molar-refractivity contribution in [3.63, 3.8) is 0 Å². The number of nitrogens with one attached hydrogen (secondary N) is 1. The van der Waals surface area contributed by atoms with E-state index >= 15 is 8.78 Å². The maximum absolute atomic E-state index is 16.8. The molecular weight excluding hydrogens is 646 g/mol. The lowest BCUT2D eigenvalue weighted by Crippen LogP contribution is -2.51. The van der Waals surface area contributed by atoms with Crippen LogP contribution in [-0.4, -0.2) is 93.1 Å². The minimum Gasteiger partial charge on any atom is -0.505 e. The summed E-state index contributed by atoms with van der Waals surface area (Å²) in [5.41, 5.74) is -0.311. The smallest absolute Gasteiger partial charge is 0.319 e. The van der Waals surface area contributed by atoms with Crippen LogP contribution in [0.2, 0.25) is 5.02 Å². The van der Waals surface area contributed by atoms with Gasteiger partial charge < -0.3 is 20.1 Å². The number of aromatic hydroxyl groups is 1. The molecule has 1 aromatic heterocycles. The SMILES string of the molecule is CN=S1(=O)CC2CCC(C1)N2CCCOc1nc(N2CC3CCC(C2)N3)c2cc(Cl)c(-c3c(F)c(O)cc4ccccc34)c(F)c2n1. The van der Waals surface area contributed by atoms with E-state index in [4.69, 9.17) is 21.3 Å². The molecule has 8 rings (SSSR count). The van der Waals surface area contributed by atoms with Crippen molar-refractivity contribution in [1.29, 1.82) is 0 Å². The van der Waals surface area contributed by atoms with Crippen molar-refractivity contribution < 1.29 is 22.8 Å². The summed E-state index contributed by atoms with van der Waals surface area (Å²) in [5, 5.41) is 15.4. The summed E-state index contributed by atoms with van der Waals surface area (Å²) in [7, 11) is -0.455. The van der Waals surface area contributed by atoms with Crippen molar-refractivity contribution >= 4 is 48.8 Å². The van der Waals surface area contributed by atoms with Crippen LogP contribution in [0.1, 0.15) is 32.1 Å². The highest BCUT2D eigenvalue weighted by Crippen LogP contribution is 2.44. The van der Waals surface area contributed by atoms with Crippen LogP contribution in [0.5, 0.6) is 11.8 Å². The normalized spacial score (nSPS) is 27.2. The third kappa shape index (κ3) is 5.47. The molecule has 4 unspecified atom stereocenters. The monoisotopic (exact) mass is 682 g/mol. The quantitative estimate of drug-likeness (QED) is 0.238. The van der Waals surface area contributed by atoms with Gasteiger partial charge in [-0.25, -0.2) is 17.4 Å². The summed E-state index contributed by atoms with van der Waals surface area (Å²) in [5.74, 6) is -0.587. The van der Waals surface area contributed by atoms with E-state index in [1.807, 2.05) is 0 Å². The third-order valence-corrected chi connectivity index (χ3v) is 13.2. The highest BCUT2D eigenvalue weighted by molar-refractivity contribution is 7.93. The van der Waals surface area contributed by atoms with Gasteiger partial charge >= 0.3 is 6.01 Å². The highest BCUT2D eigenvalue weighted by atomic mass is 35.5. The topological polar surface area (TPSA) is 103 Å². The standard InChI is InChI=1S/C34H37ClF2N6O3S/c1-38-47(45)17-22-9-10-23(18-47)43(22)11-4-12-46-34-40-32-25(33(41-34)42-15-20-7-8-21(16-42)39-20)14-26(35)29(31(32)37)28-24-6-3-2-5-19(24)13-27(44)30(28)36/h2-3,5-6,13-14,20-23,39,44H,4,7-12,15-18H2,1H3. The molecule has 0 amide bonds. The number of ether oxygens (including phenoxy) is 1. The van der Waals surface area contributed by atoms with Crippen molar-refractivity contribution in [2.75, 3.05) is 49.7 Å². The van der Waals surface area contributed by atoms with Gasteiger partial charge in [0.2, 0.25) is 0 Å². The van der Waals surface area contributed by atoms with Gasteiger partial charge in [-0.2, -0.15) is 9.97 Å². The van der Waals surface area contributed by atoms with E-state index in [-0.39, 0.29) is 39.8 Å². The lowest BCUT2D eigenvalue weighted by atomic mass is 9.95. The maximum Gasteiger partial charge on any atom is 0.319 e. The van der Waals surface area contributed by atoms with Gasteiger partial charge in [0.15, 0.2) is 17.4 Å². The molecule has 47 heavy (non-hydrogen) atoms. The van der Waals surface area contributed by atoms with Gasteiger partial charge in [-0.15, -0.1) is 0 Å². The second kappa shape index (κ2) is 12.0. The number of aromatic nitrogens is 2. The van der Waals surface area contributed by atoms with Gasteiger partial charge in [0.25, 0.3) is 0 Å². The molecule has 4 atom stereocenters. The molecular formula is C34H37ClF2N6O3S. The van der Waals surface area contributed by atoms with E-state index < -0.39 is 27.1 Å². The Morgan fingerprint density at radius 2 is 1.74 bits per heavy atom. The first-order valence-electron chi connectivity index (χ1n) is 16.3. The number of phenolic OH excluding ortho intramolecular Hbond substituents is 1. The number of fused-ring (bicyclic) bond motifs is 6. The van der Waals surface area contributed by atoms with Gasteiger partial charge in [-0.3, -0.25) is 4.90 Å². The molecule has 2 N–H and O–H groups in total. The predicted molar refractivity (Wildman–Crippen MR) is 181 cm³/mol. The van der Waals surface area contributed by atoms with E-state index in [1.54, 1.807) is 37.4 Å². The number of hydrogen-bond donors (Lipinski definition) is 2. The molecule has 5 heterocycles. The van der Waals surface area contributed by atoms with Crippen molar-refractivity contribution in [2.45, 2.75) is 56.3 Å². The molecule has 4 aromatic rings. The Balaban J connectivity index is 1.15. The fourth-order valence-corrected chi connectivity index (χ4v) is 10.8. The Morgan fingerprint density at radius 3 is 2.47 bits per heavy atom. The first-order valence-corrected chi connectivity index (χ1v) is 18.5.